The number of pyridine rings is 1. The molecule has 0 unspecified atom stereocenters. The second-order valence-corrected chi connectivity index (χ2v) is 6.95. The van der Waals surface area contributed by atoms with Gasteiger partial charge >= 0.3 is 0 Å². The standard InChI is InChI=1S/C20H26N2O.BrH/c1-20(2,3)17-10-12-18(13-11-17)21-19(23)9-5-8-16-22-14-6-4-7-15-22;/h4,6-7,10-15H,5,8-9,16H2,1-3H3;1H. The normalized spacial score (nSPS) is 10.8. The number of unbranched alkanes of at least 4 members (excludes halogenated alkanes) is 1. The molecule has 1 aromatic heterocycles. The van der Waals surface area contributed by atoms with E-state index in [0.717, 1.165) is 25.1 Å². The van der Waals surface area contributed by atoms with Gasteiger partial charge in [-0.1, -0.05) is 39.0 Å². The van der Waals surface area contributed by atoms with Gasteiger partial charge in [0.2, 0.25) is 5.91 Å². The summed E-state index contributed by atoms with van der Waals surface area (Å²) >= 11 is 0. The molecule has 3 nitrogen and oxygen atoms in total. The number of nitrogens with zero attached hydrogens (tertiary/aromatic N) is 1. The summed E-state index contributed by atoms with van der Waals surface area (Å²) < 4.78 is 2.14. The van der Waals surface area contributed by atoms with Crippen molar-refractivity contribution in [2.75, 3.05) is 5.32 Å². The minimum absolute atomic E-state index is 0. The molecular formula is C20H27BrN2O. The molecule has 0 aliphatic heterocycles. The van der Waals surface area contributed by atoms with Gasteiger partial charge in [-0.05, 0) is 29.5 Å². The molecule has 0 radical (unpaired) electrons. The van der Waals surface area contributed by atoms with E-state index in [0.29, 0.717) is 6.42 Å². The Morgan fingerprint density at radius 1 is 1.00 bits per heavy atom. The van der Waals surface area contributed by atoms with E-state index < -0.39 is 0 Å². The molecule has 0 aliphatic rings. The Balaban J connectivity index is 0.00000288. The van der Waals surface area contributed by atoms with Crippen LogP contribution in [0.15, 0.2) is 54.9 Å². The largest absolute Gasteiger partial charge is 1.00 e. The first-order valence-corrected chi connectivity index (χ1v) is 8.30. The Morgan fingerprint density at radius 2 is 1.62 bits per heavy atom. The quantitative estimate of drug-likeness (QED) is 0.581. The molecule has 1 amide bonds. The van der Waals surface area contributed by atoms with Crippen LogP contribution in [0.2, 0.25) is 0 Å². The molecule has 1 aromatic carbocycles. The highest BCUT2D eigenvalue weighted by molar-refractivity contribution is 5.90. The lowest BCUT2D eigenvalue weighted by Crippen LogP contribution is -3.00. The monoisotopic (exact) mass is 390 g/mol. The Bertz CT molecular complexity index is 618. The fourth-order valence-corrected chi connectivity index (χ4v) is 2.44. The lowest BCUT2D eigenvalue weighted by molar-refractivity contribution is -0.697. The average Bonchev–Trinajstić information content (AvgIpc) is 2.52. The van der Waals surface area contributed by atoms with Crippen molar-refractivity contribution in [3.63, 3.8) is 0 Å². The predicted molar refractivity (Wildman–Crippen MR) is 94.3 cm³/mol. The van der Waals surface area contributed by atoms with Crippen LogP contribution < -0.4 is 26.9 Å². The lowest BCUT2D eigenvalue weighted by atomic mass is 9.87. The van der Waals surface area contributed by atoms with Gasteiger partial charge in [-0.15, -0.1) is 0 Å². The molecule has 0 saturated carbocycles. The number of carbonyl (C=O) groups excluding carboxylic acids is 1. The van der Waals surface area contributed by atoms with Gasteiger partial charge in [0, 0.05) is 30.7 Å². The second kappa shape index (κ2) is 9.58. The smallest absolute Gasteiger partial charge is 0.224 e. The molecule has 0 aliphatic carbocycles. The van der Waals surface area contributed by atoms with Crippen LogP contribution in [0, 0.1) is 0 Å². The van der Waals surface area contributed by atoms with E-state index in [1.165, 1.54) is 5.56 Å². The molecule has 0 spiro atoms. The van der Waals surface area contributed by atoms with Crippen LogP contribution in [-0.2, 0) is 16.8 Å². The molecule has 24 heavy (non-hydrogen) atoms. The van der Waals surface area contributed by atoms with Crippen molar-refractivity contribution < 1.29 is 26.3 Å². The number of hydrogen-bond donors (Lipinski definition) is 1. The number of aryl methyl sites for hydroxylation is 1. The van der Waals surface area contributed by atoms with Crippen molar-refractivity contribution in [3.05, 3.63) is 60.4 Å². The number of hydrogen-bond acceptors (Lipinski definition) is 1. The van der Waals surface area contributed by atoms with Gasteiger partial charge in [-0.2, -0.15) is 0 Å². The minimum atomic E-state index is 0. The van der Waals surface area contributed by atoms with Crippen molar-refractivity contribution in [3.8, 4) is 0 Å². The number of aromatic nitrogens is 1. The number of carbonyl (C=O) groups is 1. The molecule has 0 saturated heterocycles. The molecule has 4 heteroatoms. The van der Waals surface area contributed by atoms with E-state index in [1.54, 1.807) is 0 Å². The van der Waals surface area contributed by atoms with Crippen LogP contribution in [0.1, 0.15) is 45.6 Å². The summed E-state index contributed by atoms with van der Waals surface area (Å²) in [5, 5.41) is 2.97. The predicted octanol–water partition coefficient (Wildman–Crippen LogP) is 1.08. The highest BCUT2D eigenvalue weighted by atomic mass is 79.9. The molecule has 2 rings (SSSR count). The number of benzene rings is 1. The van der Waals surface area contributed by atoms with E-state index in [4.69, 9.17) is 0 Å². The van der Waals surface area contributed by atoms with Crippen LogP contribution in [0.25, 0.3) is 0 Å². The molecule has 1 N–H and O–H groups in total. The van der Waals surface area contributed by atoms with Gasteiger partial charge in [0.05, 0.1) is 0 Å². The average molecular weight is 391 g/mol. The first-order chi connectivity index (χ1) is 10.9. The van der Waals surface area contributed by atoms with Gasteiger partial charge in [0.15, 0.2) is 12.4 Å². The molecule has 0 bridgehead atoms. The van der Waals surface area contributed by atoms with Crippen molar-refractivity contribution in [1.82, 2.24) is 0 Å². The van der Waals surface area contributed by atoms with Crippen molar-refractivity contribution in [1.29, 1.82) is 0 Å². The number of halogens is 1. The van der Waals surface area contributed by atoms with Crippen LogP contribution in [0.4, 0.5) is 5.69 Å². The zero-order valence-corrected chi connectivity index (χ0v) is 16.3. The third kappa shape index (κ3) is 6.83. The number of amides is 1. The molecule has 130 valence electrons. The number of rotatable bonds is 6. The summed E-state index contributed by atoms with van der Waals surface area (Å²) in [6.07, 6.45) is 6.57. The maximum atomic E-state index is 12.0. The maximum Gasteiger partial charge on any atom is 0.224 e. The Labute approximate surface area is 155 Å². The fourth-order valence-electron chi connectivity index (χ4n) is 2.44. The number of anilines is 1. The van der Waals surface area contributed by atoms with Crippen LogP contribution >= 0.6 is 0 Å². The Kier molecular flexibility index (Phi) is 8.13. The zero-order chi connectivity index (χ0) is 16.7. The fraction of sp³-hybridized carbons (Fsp3) is 0.400. The van der Waals surface area contributed by atoms with Gasteiger partial charge in [-0.25, -0.2) is 4.57 Å². The van der Waals surface area contributed by atoms with Gasteiger partial charge in [0.25, 0.3) is 0 Å². The summed E-state index contributed by atoms with van der Waals surface area (Å²) in [5.41, 5.74) is 2.29. The first-order valence-electron chi connectivity index (χ1n) is 8.30. The maximum absolute atomic E-state index is 12.0. The summed E-state index contributed by atoms with van der Waals surface area (Å²) in [5.74, 6) is 0.0894. The second-order valence-electron chi connectivity index (χ2n) is 6.95. The van der Waals surface area contributed by atoms with Crippen molar-refractivity contribution in [2.24, 2.45) is 0 Å². The highest BCUT2D eigenvalue weighted by Gasteiger charge is 2.13. The van der Waals surface area contributed by atoms with Crippen molar-refractivity contribution in [2.45, 2.75) is 52.0 Å². The lowest BCUT2D eigenvalue weighted by Gasteiger charge is -2.19. The molecule has 1 heterocycles. The third-order valence-corrected chi connectivity index (χ3v) is 3.88. The number of nitrogens with one attached hydrogen (secondary N) is 1. The summed E-state index contributed by atoms with van der Waals surface area (Å²) in [4.78, 5) is 12.0. The van der Waals surface area contributed by atoms with Gasteiger partial charge in [0.1, 0.15) is 6.54 Å². The topological polar surface area (TPSA) is 33.0 Å². The van der Waals surface area contributed by atoms with E-state index in [-0.39, 0.29) is 28.3 Å². The van der Waals surface area contributed by atoms with Gasteiger partial charge in [-0.3, -0.25) is 4.79 Å². The zero-order valence-electron chi connectivity index (χ0n) is 14.8. The summed E-state index contributed by atoms with van der Waals surface area (Å²) in [7, 11) is 0. The van der Waals surface area contributed by atoms with E-state index in [9.17, 15) is 4.79 Å². The third-order valence-electron chi connectivity index (χ3n) is 3.88. The summed E-state index contributed by atoms with van der Waals surface area (Å²) in [6.45, 7) is 7.51. The van der Waals surface area contributed by atoms with Crippen molar-refractivity contribution >= 4 is 11.6 Å². The first kappa shape index (κ1) is 20.4. The summed E-state index contributed by atoms with van der Waals surface area (Å²) in [6, 6.07) is 14.2. The molecule has 0 atom stereocenters. The van der Waals surface area contributed by atoms with Crippen LogP contribution in [-0.4, -0.2) is 5.91 Å². The highest BCUT2D eigenvalue weighted by Crippen LogP contribution is 2.23. The SMILES string of the molecule is CC(C)(C)c1ccc(NC(=O)CCCC[n+]2ccccc2)cc1.[Br-]. The Hall–Kier alpha value is -1.68. The van der Waals surface area contributed by atoms with E-state index in [2.05, 4.69) is 55.2 Å². The molecule has 2 aromatic rings. The van der Waals surface area contributed by atoms with Crippen LogP contribution in [0.5, 0.6) is 0 Å². The van der Waals surface area contributed by atoms with E-state index >= 15 is 0 Å². The molecular weight excluding hydrogens is 364 g/mol. The Morgan fingerprint density at radius 3 is 2.21 bits per heavy atom. The minimum Gasteiger partial charge on any atom is -1.00 e. The van der Waals surface area contributed by atoms with Crippen LogP contribution in [0.3, 0.4) is 0 Å². The van der Waals surface area contributed by atoms with E-state index in [1.807, 2.05) is 30.3 Å². The molecule has 0 fully saturated rings. The van der Waals surface area contributed by atoms with Gasteiger partial charge < -0.3 is 22.3 Å².